The Morgan fingerprint density at radius 1 is 1.26 bits per heavy atom. The summed E-state index contributed by atoms with van der Waals surface area (Å²) < 4.78 is 35.5. The summed E-state index contributed by atoms with van der Waals surface area (Å²) in [6, 6.07) is 2.29. The second kappa shape index (κ2) is 5.14. The third kappa shape index (κ3) is 5.23. The average molecular weight is 289 g/mol. The SMILES string of the molecule is CC(C)(C)NC(=O)Nc1cc(F)cc(S(N)(=O)=O)c1. The second-order valence-corrected chi connectivity index (χ2v) is 6.61. The number of rotatable bonds is 2. The molecule has 0 aliphatic carbocycles. The van der Waals surface area contributed by atoms with Gasteiger partial charge in [0.2, 0.25) is 10.0 Å². The van der Waals surface area contributed by atoms with Gasteiger partial charge >= 0.3 is 6.03 Å². The summed E-state index contributed by atoms with van der Waals surface area (Å²) in [6.07, 6.45) is 0. The quantitative estimate of drug-likeness (QED) is 0.766. The molecule has 0 fully saturated rings. The van der Waals surface area contributed by atoms with E-state index in [-0.39, 0.29) is 5.69 Å². The molecule has 1 rings (SSSR count). The number of amides is 2. The number of nitrogens with one attached hydrogen (secondary N) is 2. The molecular weight excluding hydrogens is 273 g/mol. The predicted octanol–water partition coefficient (Wildman–Crippen LogP) is 1.39. The van der Waals surface area contributed by atoms with E-state index in [2.05, 4.69) is 10.6 Å². The van der Waals surface area contributed by atoms with Gasteiger partial charge in [0.25, 0.3) is 0 Å². The lowest BCUT2D eigenvalue weighted by molar-refractivity contribution is 0.244. The molecule has 0 saturated heterocycles. The van der Waals surface area contributed by atoms with Gasteiger partial charge in [0.1, 0.15) is 5.82 Å². The van der Waals surface area contributed by atoms with Crippen LogP contribution < -0.4 is 15.8 Å². The Labute approximate surface area is 111 Å². The number of hydrogen-bond acceptors (Lipinski definition) is 3. The van der Waals surface area contributed by atoms with Gasteiger partial charge in [-0.15, -0.1) is 0 Å². The van der Waals surface area contributed by atoms with E-state index in [9.17, 15) is 17.6 Å². The molecule has 2 amide bonds. The van der Waals surface area contributed by atoms with Gasteiger partial charge in [0.05, 0.1) is 4.90 Å². The molecule has 0 aromatic heterocycles. The van der Waals surface area contributed by atoms with Crippen LogP contribution in [0.25, 0.3) is 0 Å². The van der Waals surface area contributed by atoms with Crippen molar-refractivity contribution in [3.05, 3.63) is 24.0 Å². The van der Waals surface area contributed by atoms with Gasteiger partial charge in [-0.3, -0.25) is 0 Å². The number of sulfonamides is 1. The van der Waals surface area contributed by atoms with Crippen LogP contribution in [0.1, 0.15) is 20.8 Å². The summed E-state index contributed by atoms with van der Waals surface area (Å²) in [6.45, 7) is 5.32. The van der Waals surface area contributed by atoms with Crippen LogP contribution >= 0.6 is 0 Å². The molecule has 0 unspecified atom stereocenters. The Morgan fingerprint density at radius 2 is 1.84 bits per heavy atom. The van der Waals surface area contributed by atoms with E-state index in [1.54, 1.807) is 20.8 Å². The number of hydrogen-bond donors (Lipinski definition) is 3. The van der Waals surface area contributed by atoms with E-state index < -0.39 is 32.3 Å². The normalized spacial score (nSPS) is 12.1. The molecule has 0 aliphatic rings. The van der Waals surface area contributed by atoms with Crippen molar-refractivity contribution in [2.24, 2.45) is 5.14 Å². The average Bonchev–Trinajstić information content (AvgIpc) is 2.11. The summed E-state index contributed by atoms with van der Waals surface area (Å²) in [7, 11) is -4.03. The molecule has 0 radical (unpaired) electrons. The van der Waals surface area contributed by atoms with Gasteiger partial charge in [0.15, 0.2) is 0 Å². The topological polar surface area (TPSA) is 101 Å². The van der Waals surface area contributed by atoms with Gasteiger partial charge in [-0.05, 0) is 39.0 Å². The van der Waals surface area contributed by atoms with E-state index in [4.69, 9.17) is 5.14 Å². The smallest absolute Gasteiger partial charge is 0.319 e. The van der Waals surface area contributed by atoms with E-state index >= 15 is 0 Å². The first-order valence-electron chi connectivity index (χ1n) is 5.40. The van der Waals surface area contributed by atoms with Crippen LogP contribution in [-0.4, -0.2) is 20.0 Å². The fraction of sp³-hybridized carbons (Fsp3) is 0.364. The molecule has 106 valence electrons. The Morgan fingerprint density at radius 3 is 2.32 bits per heavy atom. The highest BCUT2D eigenvalue weighted by molar-refractivity contribution is 7.89. The van der Waals surface area contributed by atoms with Crippen molar-refractivity contribution in [1.29, 1.82) is 0 Å². The summed E-state index contributed by atoms with van der Waals surface area (Å²) in [4.78, 5) is 11.2. The number of primary sulfonamides is 1. The first-order valence-corrected chi connectivity index (χ1v) is 6.94. The highest BCUT2D eigenvalue weighted by Crippen LogP contribution is 2.17. The fourth-order valence-corrected chi connectivity index (χ4v) is 1.87. The van der Waals surface area contributed by atoms with Crippen LogP contribution in [-0.2, 0) is 10.0 Å². The second-order valence-electron chi connectivity index (χ2n) is 5.05. The summed E-state index contributed by atoms with van der Waals surface area (Å²) in [5, 5.41) is 9.84. The lowest BCUT2D eigenvalue weighted by atomic mass is 10.1. The molecule has 0 heterocycles. The zero-order chi connectivity index (χ0) is 14.8. The summed E-state index contributed by atoms with van der Waals surface area (Å²) >= 11 is 0. The van der Waals surface area contributed by atoms with E-state index in [1.165, 1.54) is 0 Å². The molecule has 1 aromatic rings. The highest BCUT2D eigenvalue weighted by atomic mass is 32.2. The molecular formula is C11H16FN3O3S. The van der Waals surface area contributed by atoms with Gasteiger partial charge in [-0.25, -0.2) is 22.7 Å². The number of carbonyl (C=O) groups is 1. The van der Waals surface area contributed by atoms with Crippen molar-refractivity contribution in [3.8, 4) is 0 Å². The van der Waals surface area contributed by atoms with Crippen molar-refractivity contribution in [2.45, 2.75) is 31.2 Å². The van der Waals surface area contributed by atoms with Crippen LogP contribution in [0.4, 0.5) is 14.9 Å². The first kappa shape index (κ1) is 15.4. The molecule has 0 atom stereocenters. The van der Waals surface area contributed by atoms with Crippen molar-refractivity contribution >= 4 is 21.7 Å². The maximum atomic E-state index is 13.3. The lowest BCUT2D eigenvalue weighted by Gasteiger charge is -2.20. The van der Waals surface area contributed by atoms with Crippen molar-refractivity contribution in [1.82, 2.24) is 5.32 Å². The zero-order valence-electron chi connectivity index (χ0n) is 10.8. The molecule has 8 heteroatoms. The molecule has 6 nitrogen and oxygen atoms in total. The molecule has 0 spiro atoms. The van der Waals surface area contributed by atoms with Crippen LogP contribution in [0.5, 0.6) is 0 Å². The standard InChI is InChI=1S/C11H16FN3O3S/c1-11(2,3)15-10(16)14-8-4-7(12)5-9(6-8)19(13,17)18/h4-6H,1-3H3,(H2,13,17,18)(H2,14,15,16). The Bertz CT molecular complexity index is 594. The summed E-state index contributed by atoms with van der Waals surface area (Å²) in [5.41, 5.74) is -0.467. The highest BCUT2D eigenvalue weighted by Gasteiger charge is 2.15. The number of nitrogens with two attached hydrogens (primary N) is 1. The third-order valence-corrected chi connectivity index (χ3v) is 2.84. The Balaban J connectivity index is 2.97. The molecule has 1 aromatic carbocycles. The minimum atomic E-state index is -4.03. The third-order valence-electron chi connectivity index (χ3n) is 1.95. The summed E-state index contributed by atoms with van der Waals surface area (Å²) in [5.74, 6) is -0.808. The van der Waals surface area contributed by atoms with E-state index in [1.807, 2.05) is 0 Å². The van der Waals surface area contributed by atoms with Crippen molar-refractivity contribution in [3.63, 3.8) is 0 Å². The fourth-order valence-electron chi connectivity index (χ4n) is 1.30. The van der Waals surface area contributed by atoms with E-state index in [0.29, 0.717) is 0 Å². The maximum absolute atomic E-state index is 13.3. The number of urea groups is 1. The van der Waals surface area contributed by atoms with Crippen molar-refractivity contribution in [2.75, 3.05) is 5.32 Å². The largest absolute Gasteiger partial charge is 0.333 e. The van der Waals surface area contributed by atoms with E-state index in [0.717, 1.165) is 18.2 Å². The number of halogens is 1. The molecule has 0 aliphatic heterocycles. The maximum Gasteiger partial charge on any atom is 0.319 e. The number of carbonyl (C=O) groups excluding carboxylic acids is 1. The minimum Gasteiger partial charge on any atom is -0.333 e. The molecule has 0 saturated carbocycles. The van der Waals surface area contributed by atoms with Crippen LogP contribution in [0, 0.1) is 5.82 Å². The minimum absolute atomic E-state index is 0.00535. The van der Waals surface area contributed by atoms with Crippen LogP contribution in [0.3, 0.4) is 0 Å². The van der Waals surface area contributed by atoms with Gasteiger partial charge in [0, 0.05) is 11.2 Å². The molecule has 19 heavy (non-hydrogen) atoms. The first-order chi connectivity index (χ1) is 8.47. The van der Waals surface area contributed by atoms with Crippen molar-refractivity contribution < 1.29 is 17.6 Å². The van der Waals surface area contributed by atoms with Crippen LogP contribution in [0.2, 0.25) is 0 Å². The lowest BCUT2D eigenvalue weighted by Crippen LogP contribution is -2.43. The zero-order valence-corrected chi connectivity index (χ0v) is 11.6. The molecule has 4 N–H and O–H groups in total. The van der Waals surface area contributed by atoms with Gasteiger partial charge < -0.3 is 10.6 Å². The monoisotopic (exact) mass is 289 g/mol. The number of anilines is 1. The Kier molecular flexibility index (Phi) is 4.16. The predicted molar refractivity (Wildman–Crippen MR) is 69.7 cm³/mol. The van der Waals surface area contributed by atoms with Gasteiger partial charge in [-0.2, -0.15) is 0 Å². The Hall–Kier alpha value is -1.67. The van der Waals surface area contributed by atoms with Gasteiger partial charge in [-0.1, -0.05) is 0 Å². The van der Waals surface area contributed by atoms with Crippen LogP contribution in [0.15, 0.2) is 23.1 Å². The molecule has 0 bridgehead atoms. The number of benzene rings is 1.